The summed E-state index contributed by atoms with van der Waals surface area (Å²) in [5.74, 6) is 0.125. The number of hydrogen-bond acceptors (Lipinski definition) is 5. The normalized spacial score (nSPS) is 20.1. The molecule has 2 amide bonds. The van der Waals surface area contributed by atoms with E-state index in [2.05, 4.69) is 4.90 Å². The molecule has 0 aromatic heterocycles. The second kappa shape index (κ2) is 10.0. The maximum Gasteiger partial charge on any atom is 0.246 e. The molecule has 7 nitrogen and oxygen atoms in total. The summed E-state index contributed by atoms with van der Waals surface area (Å²) in [6.07, 6.45) is 0.910. The minimum Gasteiger partial charge on any atom is -0.497 e. The van der Waals surface area contributed by atoms with Crippen LogP contribution in [0.1, 0.15) is 18.4 Å². The van der Waals surface area contributed by atoms with Crippen molar-refractivity contribution in [2.45, 2.75) is 24.3 Å². The zero-order valence-electron chi connectivity index (χ0n) is 20.0. The Hall–Kier alpha value is -3.13. The number of carbonyl (C=O) groups is 2. The molecule has 0 saturated carbocycles. The van der Waals surface area contributed by atoms with E-state index in [-0.39, 0.29) is 17.6 Å². The van der Waals surface area contributed by atoms with Gasteiger partial charge in [0.15, 0.2) is 0 Å². The molecular formula is C26H32FN3O4. The van der Waals surface area contributed by atoms with Crippen molar-refractivity contribution >= 4 is 17.5 Å². The number of methoxy groups -OCH3 is 1. The van der Waals surface area contributed by atoms with E-state index in [1.807, 2.05) is 30.3 Å². The molecule has 1 unspecified atom stereocenters. The minimum atomic E-state index is -0.909. The summed E-state index contributed by atoms with van der Waals surface area (Å²) in [6.45, 7) is 2.20. The first-order valence-electron chi connectivity index (χ1n) is 11.6. The van der Waals surface area contributed by atoms with Crippen molar-refractivity contribution in [1.82, 2.24) is 9.80 Å². The molecule has 8 heteroatoms. The average molecular weight is 470 g/mol. The monoisotopic (exact) mass is 469 g/mol. The number of halogens is 1. The molecule has 0 bridgehead atoms. The highest BCUT2D eigenvalue weighted by Crippen LogP contribution is 2.38. The molecule has 2 heterocycles. The van der Waals surface area contributed by atoms with E-state index in [4.69, 9.17) is 9.47 Å². The fraction of sp³-hybridized carbons (Fsp3) is 0.462. The molecule has 0 radical (unpaired) electrons. The summed E-state index contributed by atoms with van der Waals surface area (Å²) in [6, 6.07) is 13.3. The van der Waals surface area contributed by atoms with Gasteiger partial charge >= 0.3 is 0 Å². The Labute approximate surface area is 200 Å². The van der Waals surface area contributed by atoms with Gasteiger partial charge in [0.2, 0.25) is 11.8 Å². The zero-order chi connectivity index (χ0) is 24.3. The quantitative estimate of drug-likeness (QED) is 0.674. The minimum absolute atomic E-state index is 0.129. The van der Waals surface area contributed by atoms with Crippen molar-refractivity contribution in [3.05, 3.63) is 59.9 Å². The summed E-state index contributed by atoms with van der Waals surface area (Å²) in [5, 5.41) is 0. The van der Waals surface area contributed by atoms with Gasteiger partial charge in [-0.2, -0.15) is 0 Å². The van der Waals surface area contributed by atoms with Crippen LogP contribution in [0.25, 0.3) is 0 Å². The van der Waals surface area contributed by atoms with Crippen molar-refractivity contribution in [2.24, 2.45) is 0 Å². The lowest BCUT2D eigenvalue weighted by Gasteiger charge is -2.47. The molecule has 2 saturated heterocycles. The first kappa shape index (κ1) is 24.0. The fourth-order valence-electron chi connectivity index (χ4n) is 4.97. The molecule has 1 atom stereocenters. The van der Waals surface area contributed by atoms with Crippen LogP contribution in [0.4, 0.5) is 10.1 Å². The molecule has 2 aromatic carbocycles. The molecule has 0 aliphatic carbocycles. The van der Waals surface area contributed by atoms with Crippen molar-refractivity contribution < 1.29 is 23.5 Å². The van der Waals surface area contributed by atoms with Gasteiger partial charge in [0.05, 0.1) is 12.5 Å². The lowest BCUT2D eigenvalue weighted by Crippen LogP contribution is -2.64. The van der Waals surface area contributed by atoms with Gasteiger partial charge in [0.25, 0.3) is 0 Å². The van der Waals surface area contributed by atoms with Gasteiger partial charge in [-0.15, -0.1) is 0 Å². The summed E-state index contributed by atoms with van der Waals surface area (Å²) in [5.41, 5.74) is 0.706. The Bertz CT molecular complexity index is 1020. The molecule has 2 aromatic rings. The molecule has 2 aliphatic heterocycles. The lowest BCUT2D eigenvalue weighted by molar-refractivity contribution is -0.151. The maximum absolute atomic E-state index is 14.2. The third-order valence-electron chi connectivity index (χ3n) is 6.94. The first-order valence-corrected chi connectivity index (χ1v) is 11.6. The van der Waals surface area contributed by atoms with Gasteiger partial charge in [0, 0.05) is 52.6 Å². The van der Waals surface area contributed by atoms with Crippen molar-refractivity contribution in [3.8, 4) is 5.75 Å². The predicted octanol–water partition coefficient (Wildman–Crippen LogP) is 2.69. The number of hydrogen-bond donors (Lipinski definition) is 0. The highest BCUT2D eigenvalue weighted by molar-refractivity contribution is 5.94. The number of anilines is 1. The molecule has 0 spiro atoms. The van der Waals surface area contributed by atoms with Gasteiger partial charge in [-0.3, -0.25) is 9.59 Å². The topological polar surface area (TPSA) is 62.3 Å². The van der Waals surface area contributed by atoms with Gasteiger partial charge in [-0.25, -0.2) is 4.39 Å². The molecule has 0 N–H and O–H groups in total. The van der Waals surface area contributed by atoms with Crippen LogP contribution in [0.5, 0.6) is 5.75 Å². The van der Waals surface area contributed by atoms with Crippen LogP contribution in [0.15, 0.2) is 48.5 Å². The summed E-state index contributed by atoms with van der Waals surface area (Å²) < 4.78 is 25.0. The SMILES string of the molecule is COc1ccc(N2CCN(C(=O)C3(c4cccc(F)c4)CCOCC3)C(C(=O)N(C)C)C2)cc1. The number of likely N-dealkylation sites (N-methyl/N-ethyl adjacent to an activating group) is 1. The number of piperazine rings is 1. The van der Waals surface area contributed by atoms with Gasteiger partial charge in [0.1, 0.15) is 17.6 Å². The summed E-state index contributed by atoms with van der Waals surface area (Å²) in [4.78, 5) is 32.8. The number of nitrogens with zero attached hydrogens (tertiary/aromatic N) is 3. The Balaban J connectivity index is 1.66. The first-order chi connectivity index (χ1) is 16.4. The highest BCUT2D eigenvalue weighted by atomic mass is 19.1. The zero-order valence-corrected chi connectivity index (χ0v) is 20.0. The number of carbonyl (C=O) groups excluding carboxylic acids is 2. The van der Waals surface area contributed by atoms with E-state index in [1.54, 1.807) is 32.2 Å². The summed E-state index contributed by atoms with van der Waals surface area (Å²) in [7, 11) is 5.03. The number of rotatable bonds is 5. The van der Waals surface area contributed by atoms with Gasteiger partial charge < -0.3 is 24.2 Å². The third kappa shape index (κ3) is 4.59. The molecule has 2 fully saturated rings. The largest absolute Gasteiger partial charge is 0.497 e. The fourth-order valence-corrected chi connectivity index (χ4v) is 4.97. The second-order valence-corrected chi connectivity index (χ2v) is 9.10. The van der Waals surface area contributed by atoms with E-state index >= 15 is 0 Å². The molecule has 2 aliphatic rings. The van der Waals surface area contributed by atoms with Crippen molar-refractivity contribution in [3.63, 3.8) is 0 Å². The van der Waals surface area contributed by atoms with E-state index in [9.17, 15) is 14.0 Å². The Kier molecular flexibility index (Phi) is 7.07. The Morgan fingerprint density at radius 1 is 1.09 bits per heavy atom. The number of benzene rings is 2. The Morgan fingerprint density at radius 2 is 1.79 bits per heavy atom. The molecular weight excluding hydrogens is 437 g/mol. The van der Waals surface area contributed by atoms with Crippen LogP contribution in [0.3, 0.4) is 0 Å². The standard InChI is InChI=1S/C26H32FN3O4/c1-28(2)24(31)23-18-29(21-7-9-22(33-3)10-8-21)13-14-30(23)25(32)26(11-15-34-16-12-26)19-5-4-6-20(27)17-19/h4-10,17,23H,11-16,18H2,1-3H3. The molecule has 34 heavy (non-hydrogen) atoms. The highest BCUT2D eigenvalue weighted by Gasteiger charge is 2.48. The third-order valence-corrected chi connectivity index (χ3v) is 6.94. The van der Waals surface area contributed by atoms with Crippen LogP contribution in [-0.4, -0.2) is 81.7 Å². The van der Waals surface area contributed by atoms with E-state index < -0.39 is 11.5 Å². The average Bonchev–Trinajstić information content (AvgIpc) is 2.88. The van der Waals surface area contributed by atoms with Crippen molar-refractivity contribution in [2.75, 3.05) is 59.0 Å². The summed E-state index contributed by atoms with van der Waals surface area (Å²) >= 11 is 0. The van der Waals surface area contributed by atoms with Crippen LogP contribution >= 0.6 is 0 Å². The maximum atomic E-state index is 14.2. The van der Waals surface area contributed by atoms with Gasteiger partial charge in [-0.1, -0.05) is 12.1 Å². The van der Waals surface area contributed by atoms with Crippen molar-refractivity contribution in [1.29, 1.82) is 0 Å². The smallest absolute Gasteiger partial charge is 0.246 e. The number of amides is 2. The Morgan fingerprint density at radius 3 is 2.41 bits per heavy atom. The van der Waals surface area contributed by atoms with Crippen LogP contribution in [0, 0.1) is 5.82 Å². The number of ether oxygens (including phenoxy) is 2. The second-order valence-electron chi connectivity index (χ2n) is 9.10. The van der Waals surface area contributed by atoms with Gasteiger partial charge in [-0.05, 0) is 54.8 Å². The van der Waals surface area contributed by atoms with Crippen LogP contribution in [0.2, 0.25) is 0 Å². The van der Waals surface area contributed by atoms with E-state index in [0.29, 0.717) is 51.3 Å². The molecule has 4 rings (SSSR count). The molecule has 182 valence electrons. The van der Waals surface area contributed by atoms with Crippen LogP contribution in [-0.2, 0) is 19.7 Å². The lowest BCUT2D eigenvalue weighted by atomic mass is 9.72. The predicted molar refractivity (Wildman–Crippen MR) is 128 cm³/mol. The van der Waals surface area contributed by atoms with E-state index in [1.165, 1.54) is 17.0 Å². The van der Waals surface area contributed by atoms with Crippen LogP contribution < -0.4 is 9.64 Å². The van der Waals surface area contributed by atoms with E-state index in [0.717, 1.165) is 11.4 Å².